The number of alkyl halides is 2. The number of alkyl carbamates (subject to hydrolysis) is 1. The highest BCUT2D eigenvalue weighted by molar-refractivity contribution is 5.91. The van der Waals surface area contributed by atoms with Crippen LogP contribution in [0.25, 0.3) is 11.1 Å². The van der Waals surface area contributed by atoms with Crippen LogP contribution in [0.15, 0.2) is 48.5 Å². The third-order valence-electron chi connectivity index (χ3n) is 6.72. The minimum Gasteiger partial charge on any atom is -0.480 e. The molecule has 0 aromatic heterocycles. The van der Waals surface area contributed by atoms with E-state index >= 15 is 0 Å². The van der Waals surface area contributed by atoms with E-state index in [4.69, 9.17) is 4.74 Å². The van der Waals surface area contributed by atoms with Gasteiger partial charge >= 0.3 is 12.1 Å². The van der Waals surface area contributed by atoms with E-state index in [-0.39, 0.29) is 25.5 Å². The van der Waals surface area contributed by atoms with Gasteiger partial charge in [0.05, 0.1) is 0 Å². The fourth-order valence-electron chi connectivity index (χ4n) is 4.91. The second-order valence-electron chi connectivity index (χ2n) is 8.82. The lowest BCUT2D eigenvalue weighted by atomic mass is 9.98. The zero-order valence-electron chi connectivity index (χ0n) is 18.7. The van der Waals surface area contributed by atoms with Crippen molar-refractivity contribution in [3.8, 4) is 11.1 Å². The number of benzene rings is 2. The summed E-state index contributed by atoms with van der Waals surface area (Å²) < 4.78 is 31.8. The number of fused-ring (bicyclic) bond motifs is 3. The van der Waals surface area contributed by atoms with Crippen LogP contribution in [0.5, 0.6) is 0 Å². The first-order valence-corrected chi connectivity index (χ1v) is 11.2. The minimum atomic E-state index is -2.87. The number of aliphatic carboxylic acids is 1. The lowest BCUT2D eigenvalue weighted by Gasteiger charge is -2.34. The second-order valence-corrected chi connectivity index (χ2v) is 8.82. The molecule has 1 saturated heterocycles. The van der Waals surface area contributed by atoms with Crippen molar-refractivity contribution in [2.45, 2.75) is 50.1 Å². The standard InChI is InChI=1S/C25H26F2N2O5/c1-25(23(31)32)11-6-12-29(25)22(30)20(13-21(26)27)28-24(33)34-14-19-17-9-4-2-7-15(17)16-8-3-5-10-18(16)19/h2-5,7-10,19-21H,6,11-14H2,1H3,(H,28,33)(H,31,32)/t20?,25-/m1/s1. The molecule has 2 aromatic rings. The third-order valence-corrected chi connectivity index (χ3v) is 6.72. The van der Waals surface area contributed by atoms with E-state index in [0.717, 1.165) is 27.2 Å². The zero-order valence-corrected chi connectivity index (χ0v) is 18.7. The molecule has 2 aliphatic rings. The molecule has 2 atom stereocenters. The van der Waals surface area contributed by atoms with Gasteiger partial charge in [-0.15, -0.1) is 0 Å². The Bertz CT molecular complexity index is 1060. The van der Waals surface area contributed by atoms with E-state index in [9.17, 15) is 28.3 Å². The van der Waals surface area contributed by atoms with Crippen molar-refractivity contribution in [3.05, 3.63) is 59.7 Å². The Morgan fingerprint density at radius 3 is 2.26 bits per heavy atom. The van der Waals surface area contributed by atoms with Crippen LogP contribution in [-0.4, -0.2) is 59.1 Å². The number of carboxylic acid groups (broad SMARTS) is 1. The molecule has 1 unspecified atom stereocenters. The Morgan fingerprint density at radius 1 is 1.12 bits per heavy atom. The number of nitrogens with zero attached hydrogens (tertiary/aromatic N) is 1. The largest absolute Gasteiger partial charge is 0.480 e. The molecule has 0 bridgehead atoms. The Balaban J connectivity index is 1.46. The molecular formula is C25H26F2N2O5. The summed E-state index contributed by atoms with van der Waals surface area (Å²) in [7, 11) is 0. The number of hydrogen-bond donors (Lipinski definition) is 2. The van der Waals surface area contributed by atoms with Gasteiger partial charge in [0.25, 0.3) is 0 Å². The molecule has 2 amide bonds. The first kappa shape index (κ1) is 23.7. The molecule has 1 fully saturated rings. The summed E-state index contributed by atoms with van der Waals surface area (Å²) in [6.07, 6.45) is -4.17. The van der Waals surface area contributed by atoms with Gasteiger partial charge in [-0.2, -0.15) is 0 Å². The maximum absolute atomic E-state index is 13.2. The summed E-state index contributed by atoms with van der Waals surface area (Å²) in [5.74, 6) is -2.29. The number of ether oxygens (including phenoxy) is 1. The number of rotatable bonds is 7. The average Bonchev–Trinajstić information content (AvgIpc) is 3.35. The van der Waals surface area contributed by atoms with E-state index in [1.807, 2.05) is 48.5 Å². The predicted molar refractivity (Wildman–Crippen MR) is 120 cm³/mol. The lowest BCUT2D eigenvalue weighted by molar-refractivity contribution is -0.156. The lowest BCUT2D eigenvalue weighted by Crippen LogP contribution is -2.57. The summed E-state index contributed by atoms with van der Waals surface area (Å²) in [6, 6.07) is 13.9. The van der Waals surface area contributed by atoms with Crippen molar-refractivity contribution < 1.29 is 33.0 Å². The molecule has 0 radical (unpaired) electrons. The normalized spacial score (nSPS) is 20.1. The highest BCUT2D eigenvalue weighted by Crippen LogP contribution is 2.44. The van der Waals surface area contributed by atoms with Gasteiger partial charge in [0.1, 0.15) is 18.2 Å². The Hall–Kier alpha value is -3.49. The number of hydrogen-bond acceptors (Lipinski definition) is 4. The summed E-state index contributed by atoms with van der Waals surface area (Å²) >= 11 is 0. The number of carbonyl (C=O) groups is 3. The number of halogens is 2. The minimum absolute atomic E-state index is 0.0357. The molecule has 2 N–H and O–H groups in total. The molecule has 0 saturated carbocycles. The quantitative estimate of drug-likeness (QED) is 0.635. The molecule has 1 aliphatic carbocycles. The zero-order chi connectivity index (χ0) is 24.5. The van der Waals surface area contributed by atoms with Crippen molar-refractivity contribution in [3.63, 3.8) is 0 Å². The first-order valence-electron chi connectivity index (χ1n) is 11.2. The van der Waals surface area contributed by atoms with Gasteiger partial charge in [-0.25, -0.2) is 18.4 Å². The van der Waals surface area contributed by atoms with Crippen molar-refractivity contribution >= 4 is 18.0 Å². The fourth-order valence-corrected chi connectivity index (χ4v) is 4.91. The number of carbonyl (C=O) groups excluding carboxylic acids is 2. The molecule has 7 nitrogen and oxygen atoms in total. The Morgan fingerprint density at radius 2 is 1.71 bits per heavy atom. The van der Waals surface area contributed by atoms with E-state index in [0.29, 0.717) is 6.42 Å². The highest BCUT2D eigenvalue weighted by atomic mass is 19.3. The van der Waals surface area contributed by atoms with Crippen LogP contribution in [-0.2, 0) is 14.3 Å². The highest BCUT2D eigenvalue weighted by Gasteiger charge is 2.48. The number of amides is 2. The van der Waals surface area contributed by atoms with Gasteiger partial charge in [0.2, 0.25) is 12.3 Å². The van der Waals surface area contributed by atoms with Crippen LogP contribution >= 0.6 is 0 Å². The molecular weight excluding hydrogens is 446 g/mol. The number of carboxylic acids is 1. The SMILES string of the molecule is C[C@]1(C(=O)O)CCCN1C(=O)C(CC(F)F)NC(=O)OCC1c2ccccc2-c2ccccc21. The van der Waals surface area contributed by atoms with Gasteiger partial charge in [-0.05, 0) is 42.0 Å². The van der Waals surface area contributed by atoms with Gasteiger partial charge in [0.15, 0.2) is 0 Å². The summed E-state index contributed by atoms with van der Waals surface area (Å²) in [5, 5.41) is 11.8. The van der Waals surface area contributed by atoms with E-state index < -0.39 is 42.4 Å². The summed E-state index contributed by atoms with van der Waals surface area (Å²) in [6.45, 7) is 1.46. The molecule has 1 heterocycles. The molecule has 1 aliphatic heterocycles. The summed E-state index contributed by atoms with van der Waals surface area (Å²) in [4.78, 5) is 38.3. The monoisotopic (exact) mass is 472 g/mol. The van der Waals surface area contributed by atoms with Crippen LogP contribution in [0, 0.1) is 0 Å². The fraction of sp³-hybridized carbons (Fsp3) is 0.400. The van der Waals surface area contributed by atoms with Crippen LogP contribution in [0.3, 0.4) is 0 Å². The molecule has 4 rings (SSSR count). The number of likely N-dealkylation sites (tertiary alicyclic amines) is 1. The maximum atomic E-state index is 13.2. The smallest absolute Gasteiger partial charge is 0.407 e. The molecule has 2 aromatic carbocycles. The first-order chi connectivity index (χ1) is 16.2. The van der Waals surface area contributed by atoms with Gasteiger partial charge in [-0.3, -0.25) is 4.79 Å². The molecule has 180 valence electrons. The topological polar surface area (TPSA) is 95.9 Å². The summed E-state index contributed by atoms with van der Waals surface area (Å²) in [5.41, 5.74) is 2.57. The van der Waals surface area contributed by atoms with Crippen molar-refractivity contribution in [2.75, 3.05) is 13.2 Å². The van der Waals surface area contributed by atoms with E-state index in [1.165, 1.54) is 6.92 Å². The predicted octanol–water partition coefficient (Wildman–Crippen LogP) is 4.01. The van der Waals surface area contributed by atoms with Crippen LogP contribution in [0.2, 0.25) is 0 Å². The van der Waals surface area contributed by atoms with E-state index in [1.54, 1.807) is 0 Å². The van der Waals surface area contributed by atoms with E-state index in [2.05, 4.69) is 5.32 Å². The van der Waals surface area contributed by atoms with Crippen LogP contribution in [0.4, 0.5) is 13.6 Å². The Kier molecular flexibility index (Phi) is 6.54. The Labute approximate surface area is 195 Å². The van der Waals surface area contributed by atoms with Crippen molar-refractivity contribution in [2.24, 2.45) is 0 Å². The third kappa shape index (κ3) is 4.34. The maximum Gasteiger partial charge on any atom is 0.407 e. The molecule has 34 heavy (non-hydrogen) atoms. The van der Waals surface area contributed by atoms with Crippen LogP contribution < -0.4 is 5.32 Å². The second kappa shape index (κ2) is 9.40. The average molecular weight is 472 g/mol. The van der Waals surface area contributed by atoms with Crippen LogP contribution in [0.1, 0.15) is 43.2 Å². The van der Waals surface area contributed by atoms with Gasteiger partial charge in [0, 0.05) is 18.9 Å². The molecule has 9 heteroatoms. The van der Waals surface area contributed by atoms with Gasteiger partial charge < -0.3 is 20.1 Å². The van der Waals surface area contributed by atoms with Crippen molar-refractivity contribution in [1.29, 1.82) is 0 Å². The van der Waals surface area contributed by atoms with Gasteiger partial charge in [-0.1, -0.05) is 48.5 Å². The van der Waals surface area contributed by atoms with Crippen molar-refractivity contribution in [1.82, 2.24) is 10.2 Å². The molecule has 0 spiro atoms. The number of nitrogens with one attached hydrogen (secondary N) is 1.